The van der Waals surface area contributed by atoms with Gasteiger partial charge in [0.2, 0.25) is 0 Å². The van der Waals surface area contributed by atoms with E-state index in [1.807, 2.05) is 24.3 Å². The number of benzene rings is 2. The van der Waals surface area contributed by atoms with Gasteiger partial charge < -0.3 is 10.2 Å². The van der Waals surface area contributed by atoms with Crippen molar-refractivity contribution in [2.24, 2.45) is 0 Å². The summed E-state index contributed by atoms with van der Waals surface area (Å²) in [5.74, 6) is 0.584. The van der Waals surface area contributed by atoms with Gasteiger partial charge in [0.1, 0.15) is 11.5 Å². The lowest BCUT2D eigenvalue weighted by Crippen LogP contribution is -1.75. The molecule has 2 rings (SSSR count). The van der Waals surface area contributed by atoms with E-state index in [-0.39, 0.29) is 7.43 Å². The van der Waals surface area contributed by atoms with Gasteiger partial charge in [-0.15, -0.1) is 23.5 Å². The van der Waals surface area contributed by atoms with Crippen LogP contribution in [0.3, 0.4) is 0 Å². The summed E-state index contributed by atoms with van der Waals surface area (Å²) >= 11 is 3.44. The summed E-state index contributed by atoms with van der Waals surface area (Å²) < 4.78 is 0. The number of phenolic OH excluding ortho intramolecular Hbond substituents is 2. The van der Waals surface area contributed by atoms with E-state index in [0.717, 1.165) is 14.9 Å². The molecule has 0 unspecified atom stereocenters. The minimum atomic E-state index is 0. The molecule has 0 radical (unpaired) electrons. The van der Waals surface area contributed by atoms with Crippen LogP contribution in [0.4, 0.5) is 0 Å². The Balaban J connectivity index is 0.00000162. The first-order valence-corrected chi connectivity index (χ1v) is 7.05. The largest absolute Gasteiger partial charge is 0.508 e. The molecule has 2 nitrogen and oxygen atoms in total. The molecule has 18 heavy (non-hydrogen) atoms. The Kier molecular flexibility index (Phi) is 5.95. The summed E-state index contributed by atoms with van der Waals surface area (Å²) in [5, 5.41) is 19.2. The molecule has 0 aliphatic heterocycles. The van der Waals surface area contributed by atoms with E-state index < -0.39 is 0 Å². The first-order valence-electron chi connectivity index (χ1n) is 5.08. The summed E-state index contributed by atoms with van der Waals surface area (Å²) in [6.07, 6.45) is 0. The second-order valence-corrected chi connectivity index (χ2v) is 5.86. The van der Waals surface area contributed by atoms with Gasteiger partial charge in [0.15, 0.2) is 0 Å². The van der Waals surface area contributed by atoms with E-state index in [9.17, 15) is 0 Å². The lowest BCUT2D eigenvalue weighted by Gasteiger charge is -2.02. The summed E-state index contributed by atoms with van der Waals surface area (Å²) in [4.78, 5) is 2.27. The van der Waals surface area contributed by atoms with Gasteiger partial charge in [-0.3, -0.25) is 0 Å². The first kappa shape index (κ1) is 14.8. The van der Waals surface area contributed by atoms with Crippen LogP contribution in [0.25, 0.3) is 0 Å². The minimum Gasteiger partial charge on any atom is -0.508 e. The van der Waals surface area contributed by atoms with Crippen LogP contribution >= 0.6 is 23.5 Å². The average molecular weight is 280 g/mol. The van der Waals surface area contributed by atoms with Crippen LogP contribution in [0, 0.1) is 0 Å². The average Bonchev–Trinajstić information content (AvgIpc) is 2.34. The van der Waals surface area contributed by atoms with Crippen LogP contribution in [-0.4, -0.2) is 15.3 Å². The highest BCUT2D eigenvalue weighted by Crippen LogP contribution is 2.29. The highest BCUT2D eigenvalue weighted by Gasteiger charge is 1.97. The predicted octanol–water partition coefficient (Wildman–Crippen LogP) is 4.58. The van der Waals surface area contributed by atoms with Gasteiger partial charge in [-0.05, 0) is 48.5 Å². The monoisotopic (exact) mass is 280 g/mol. The number of aromatic hydroxyl groups is 2. The van der Waals surface area contributed by atoms with Crippen LogP contribution in [0.2, 0.25) is 0 Å². The Bertz CT molecular complexity index is 421. The van der Waals surface area contributed by atoms with Gasteiger partial charge in [-0.1, -0.05) is 7.43 Å². The number of phenols is 2. The molecule has 0 heterocycles. The van der Waals surface area contributed by atoms with Crippen molar-refractivity contribution in [1.82, 2.24) is 0 Å². The fourth-order valence-electron chi connectivity index (χ4n) is 1.25. The molecule has 0 aliphatic rings. The number of thioether (sulfide) groups is 2. The number of rotatable bonds is 4. The van der Waals surface area contributed by atoms with E-state index >= 15 is 0 Å². The molecule has 2 aromatic carbocycles. The maximum atomic E-state index is 9.15. The van der Waals surface area contributed by atoms with Gasteiger partial charge in [0, 0.05) is 14.9 Å². The third-order valence-electron chi connectivity index (χ3n) is 2.12. The summed E-state index contributed by atoms with van der Waals surface area (Å²) in [7, 11) is 0. The quantitative estimate of drug-likeness (QED) is 0.635. The highest BCUT2D eigenvalue weighted by atomic mass is 32.2. The van der Waals surface area contributed by atoms with Crippen molar-refractivity contribution in [1.29, 1.82) is 0 Å². The molecule has 2 N–H and O–H groups in total. The van der Waals surface area contributed by atoms with Crippen LogP contribution in [0.15, 0.2) is 58.3 Å². The van der Waals surface area contributed by atoms with E-state index in [2.05, 4.69) is 0 Å². The lowest BCUT2D eigenvalue weighted by molar-refractivity contribution is 0.474. The molecular weight excluding hydrogens is 264 g/mol. The normalized spacial score (nSPS) is 9.78. The molecule has 0 aromatic heterocycles. The highest BCUT2D eigenvalue weighted by molar-refractivity contribution is 8.16. The van der Waals surface area contributed by atoms with Crippen molar-refractivity contribution in [2.75, 3.05) is 5.08 Å². The summed E-state index contributed by atoms with van der Waals surface area (Å²) in [6.45, 7) is 0. The van der Waals surface area contributed by atoms with Crippen LogP contribution in [0.1, 0.15) is 7.43 Å². The molecule has 0 fully saturated rings. The zero-order chi connectivity index (χ0) is 12.1. The Morgan fingerprint density at radius 3 is 1.33 bits per heavy atom. The Morgan fingerprint density at radius 1 is 0.667 bits per heavy atom. The van der Waals surface area contributed by atoms with Gasteiger partial charge in [0.25, 0.3) is 0 Å². The molecular formula is C14H16O2S2. The van der Waals surface area contributed by atoms with Gasteiger partial charge in [-0.25, -0.2) is 0 Å². The predicted molar refractivity (Wildman–Crippen MR) is 79.5 cm³/mol. The van der Waals surface area contributed by atoms with Crippen molar-refractivity contribution < 1.29 is 10.2 Å². The number of hydrogen-bond donors (Lipinski definition) is 2. The van der Waals surface area contributed by atoms with E-state index in [1.165, 1.54) is 0 Å². The maximum absolute atomic E-state index is 9.15. The molecule has 0 aliphatic carbocycles. The first-order chi connectivity index (χ1) is 8.24. The maximum Gasteiger partial charge on any atom is 0.115 e. The van der Waals surface area contributed by atoms with E-state index in [4.69, 9.17) is 10.2 Å². The molecule has 0 bridgehead atoms. The molecule has 0 saturated carbocycles. The van der Waals surface area contributed by atoms with Gasteiger partial charge in [-0.2, -0.15) is 0 Å². The smallest absolute Gasteiger partial charge is 0.115 e. The van der Waals surface area contributed by atoms with Crippen molar-refractivity contribution in [2.45, 2.75) is 17.2 Å². The van der Waals surface area contributed by atoms with E-state index in [0.29, 0.717) is 11.5 Å². The molecule has 2 aromatic rings. The fourth-order valence-corrected chi connectivity index (χ4v) is 3.23. The van der Waals surface area contributed by atoms with Crippen LogP contribution in [0.5, 0.6) is 11.5 Å². The fraction of sp³-hybridized carbons (Fsp3) is 0.143. The molecule has 0 spiro atoms. The molecule has 0 saturated heterocycles. The van der Waals surface area contributed by atoms with Crippen molar-refractivity contribution in [3.05, 3.63) is 48.5 Å². The second kappa shape index (κ2) is 7.24. The number of hydrogen-bond acceptors (Lipinski definition) is 4. The Hall–Kier alpha value is -1.26. The molecule has 0 amide bonds. The van der Waals surface area contributed by atoms with Gasteiger partial charge >= 0.3 is 0 Å². The summed E-state index contributed by atoms with van der Waals surface area (Å²) in [5.41, 5.74) is 0. The lowest BCUT2D eigenvalue weighted by atomic mass is 10.3. The third-order valence-corrected chi connectivity index (χ3v) is 4.28. The van der Waals surface area contributed by atoms with Crippen LogP contribution < -0.4 is 0 Å². The summed E-state index contributed by atoms with van der Waals surface area (Å²) in [6, 6.07) is 14.4. The van der Waals surface area contributed by atoms with E-state index in [1.54, 1.807) is 47.8 Å². The van der Waals surface area contributed by atoms with Gasteiger partial charge in [0.05, 0.1) is 0 Å². The topological polar surface area (TPSA) is 40.5 Å². The van der Waals surface area contributed by atoms with Crippen molar-refractivity contribution in [3.63, 3.8) is 0 Å². The zero-order valence-electron chi connectivity index (χ0n) is 9.04. The Morgan fingerprint density at radius 2 is 1.00 bits per heavy atom. The van der Waals surface area contributed by atoms with Crippen molar-refractivity contribution >= 4 is 23.5 Å². The zero-order valence-corrected chi connectivity index (χ0v) is 10.7. The molecule has 0 atom stereocenters. The molecule has 4 heteroatoms. The van der Waals surface area contributed by atoms with Crippen LogP contribution in [-0.2, 0) is 0 Å². The standard InChI is InChI=1S/C13H12O2S2.CH4/c14-10-1-5-12(6-2-10)16-9-17-13-7-3-11(15)4-8-13;/h1-8,14-15H,9H2;1H4. The SMILES string of the molecule is C.Oc1ccc(SCSc2ccc(O)cc2)cc1. The Labute approximate surface area is 116 Å². The second-order valence-electron chi connectivity index (χ2n) is 3.39. The third kappa shape index (κ3) is 4.55. The van der Waals surface area contributed by atoms with Crippen molar-refractivity contribution in [3.8, 4) is 11.5 Å². The molecule has 96 valence electrons. The minimum absolute atomic E-state index is 0.